The summed E-state index contributed by atoms with van der Waals surface area (Å²) in [6, 6.07) is 21.8. The van der Waals surface area contributed by atoms with Gasteiger partial charge in [0.25, 0.3) is 5.91 Å². The number of halogens is 1. The number of carboxylic acid groups (broad SMARTS) is 1. The number of hydrogen-bond donors (Lipinski definition) is 2. The monoisotopic (exact) mass is 365 g/mol. The minimum absolute atomic E-state index is 0.101. The average Bonchev–Trinajstić information content (AvgIpc) is 2.62. The second-order valence-electron chi connectivity index (χ2n) is 5.79. The van der Waals surface area contributed by atoms with Gasteiger partial charge < -0.3 is 10.4 Å². The summed E-state index contributed by atoms with van der Waals surface area (Å²) >= 11 is 6.30. The third kappa shape index (κ3) is 4.29. The van der Waals surface area contributed by atoms with Gasteiger partial charge in [-0.3, -0.25) is 9.59 Å². The van der Waals surface area contributed by atoms with E-state index >= 15 is 0 Å². The molecule has 0 aliphatic heterocycles. The van der Waals surface area contributed by atoms with Gasteiger partial charge in [-0.15, -0.1) is 0 Å². The maximum absolute atomic E-state index is 12.5. The van der Waals surface area contributed by atoms with Gasteiger partial charge in [0, 0.05) is 5.69 Å². The van der Waals surface area contributed by atoms with Crippen molar-refractivity contribution in [3.63, 3.8) is 0 Å². The Morgan fingerprint density at radius 3 is 2.35 bits per heavy atom. The Hall–Kier alpha value is -3.11. The molecule has 0 heterocycles. The van der Waals surface area contributed by atoms with Crippen molar-refractivity contribution in [3.8, 4) is 11.1 Å². The summed E-state index contributed by atoms with van der Waals surface area (Å²) in [7, 11) is 0. The number of aliphatic carboxylic acids is 1. The Morgan fingerprint density at radius 1 is 0.885 bits per heavy atom. The summed E-state index contributed by atoms with van der Waals surface area (Å²) in [4.78, 5) is 23.3. The highest BCUT2D eigenvalue weighted by molar-refractivity contribution is 6.34. The minimum Gasteiger partial charge on any atom is -0.481 e. The number of amides is 1. The average molecular weight is 366 g/mol. The first-order valence-electron chi connectivity index (χ1n) is 8.00. The Labute approximate surface area is 156 Å². The molecule has 0 radical (unpaired) electrons. The lowest BCUT2D eigenvalue weighted by molar-refractivity contribution is -0.136. The quantitative estimate of drug-likeness (QED) is 0.676. The molecule has 26 heavy (non-hydrogen) atoms. The van der Waals surface area contributed by atoms with E-state index in [1.807, 2.05) is 36.4 Å². The number of hydrogen-bond acceptors (Lipinski definition) is 2. The zero-order valence-electron chi connectivity index (χ0n) is 13.8. The van der Waals surface area contributed by atoms with Crippen molar-refractivity contribution in [2.75, 3.05) is 5.32 Å². The molecule has 3 aromatic rings. The first-order valence-corrected chi connectivity index (χ1v) is 8.38. The van der Waals surface area contributed by atoms with E-state index in [2.05, 4.69) is 5.32 Å². The van der Waals surface area contributed by atoms with Crippen LogP contribution in [0, 0.1) is 0 Å². The molecular formula is C21H16ClNO3. The van der Waals surface area contributed by atoms with Crippen molar-refractivity contribution < 1.29 is 14.7 Å². The number of carbonyl (C=O) groups excluding carboxylic acids is 1. The third-order valence-corrected chi connectivity index (χ3v) is 4.17. The van der Waals surface area contributed by atoms with E-state index in [0.29, 0.717) is 21.8 Å². The fraction of sp³-hybridized carbons (Fsp3) is 0.0476. The van der Waals surface area contributed by atoms with Crippen LogP contribution in [0.15, 0.2) is 72.8 Å². The molecule has 5 heteroatoms. The molecule has 0 aromatic heterocycles. The topological polar surface area (TPSA) is 66.4 Å². The lowest BCUT2D eigenvalue weighted by Gasteiger charge is -2.10. The maximum atomic E-state index is 12.5. The summed E-state index contributed by atoms with van der Waals surface area (Å²) in [5.74, 6) is -1.27. The highest BCUT2D eigenvalue weighted by Crippen LogP contribution is 2.26. The van der Waals surface area contributed by atoms with E-state index in [9.17, 15) is 9.59 Å². The van der Waals surface area contributed by atoms with E-state index in [1.165, 1.54) is 0 Å². The van der Waals surface area contributed by atoms with Gasteiger partial charge in [-0.1, -0.05) is 60.1 Å². The van der Waals surface area contributed by atoms with Gasteiger partial charge in [-0.2, -0.15) is 0 Å². The van der Waals surface area contributed by atoms with Gasteiger partial charge in [-0.25, -0.2) is 0 Å². The number of carbonyl (C=O) groups is 2. The summed E-state index contributed by atoms with van der Waals surface area (Å²) in [5, 5.41) is 12.0. The molecule has 0 unspecified atom stereocenters. The SMILES string of the molecule is O=C(O)Cc1cccc(NC(=O)c2ccc(-c3ccccc3)cc2Cl)c1. The normalized spacial score (nSPS) is 10.3. The first-order chi connectivity index (χ1) is 12.5. The number of anilines is 1. The van der Waals surface area contributed by atoms with Crippen LogP contribution in [0.3, 0.4) is 0 Å². The molecule has 0 bridgehead atoms. The van der Waals surface area contributed by atoms with Crippen LogP contribution in [0.4, 0.5) is 5.69 Å². The highest BCUT2D eigenvalue weighted by atomic mass is 35.5. The van der Waals surface area contributed by atoms with Crippen molar-refractivity contribution in [1.82, 2.24) is 0 Å². The first kappa shape index (κ1) is 17.7. The van der Waals surface area contributed by atoms with Crippen LogP contribution in [-0.2, 0) is 11.2 Å². The number of nitrogens with one attached hydrogen (secondary N) is 1. The third-order valence-electron chi connectivity index (χ3n) is 3.86. The zero-order chi connectivity index (χ0) is 18.5. The van der Waals surface area contributed by atoms with Gasteiger partial charge in [0.2, 0.25) is 0 Å². The fourth-order valence-electron chi connectivity index (χ4n) is 2.64. The van der Waals surface area contributed by atoms with Crippen molar-refractivity contribution in [1.29, 1.82) is 0 Å². The van der Waals surface area contributed by atoms with Gasteiger partial charge in [0.15, 0.2) is 0 Å². The van der Waals surface area contributed by atoms with Gasteiger partial charge in [0.1, 0.15) is 0 Å². The smallest absolute Gasteiger partial charge is 0.307 e. The fourth-order valence-corrected chi connectivity index (χ4v) is 2.91. The second kappa shape index (κ2) is 7.85. The van der Waals surface area contributed by atoms with E-state index in [4.69, 9.17) is 16.7 Å². The molecule has 0 spiro atoms. The van der Waals surface area contributed by atoms with E-state index in [-0.39, 0.29) is 12.3 Å². The van der Waals surface area contributed by atoms with Crippen LogP contribution in [0.1, 0.15) is 15.9 Å². The number of benzene rings is 3. The van der Waals surface area contributed by atoms with Gasteiger partial charge in [-0.05, 0) is 41.0 Å². The lowest BCUT2D eigenvalue weighted by Crippen LogP contribution is -2.13. The molecular weight excluding hydrogens is 350 g/mol. The summed E-state index contributed by atoms with van der Waals surface area (Å²) < 4.78 is 0. The summed E-state index contributed by atoms with van der Waals surface area (Å²) in [6.45, 7) is 0. The molecule has 0 atom stereocenters. The molecule has 3 rings (SSSR count). The molecule has 0 aliphatic rings. The molecule has 130 valence electrons. The van der Waals surface area contributed by atoms with Crippen molar-refractivity contribution in [2.45, 2.75) is 6.42 Å². The predicted octanol–water partition coefficient (Wildman–Crippen LogP) is 4.89. The Bertz CT molecular complexity index is 954. The highest BCUT2D eigenvalue weighted by Gasteiger charge is 2.12. The standard InChI is InChI=1S/C21H16ClNO3/c22-19-13-16(15-6-2-1-3-7-15)9-10-18(19)21(26)23-17-8-4-5-14(11-17)12-20(24)25/h1-11,13H,12H2,(H,23,26)(H,24,25). The maximum Gasteiger partial charge on any atom is 0.307 e. The Morgan fingerprint density at radius 2 is 1.65 bits per heavy atom. The summed E-state index contributed by atoms with van der Waals surface area (Å²) in [6.07, 6.45) is -0.101. The minimum atomic E-state index is -0.923. The van der Waals surface area contributed by atoms with Crippen molar-refractivity contribution in [2.24, 2.45) is 0 Å². The largest absolute Gasteiger partial charge is 0.481 e. The molecule has 4 nitrogen and oxygen atoms in total. The van der Waals surface area contributed by atoms with Crippen LogP contribution in [-0.4, -0.2) is 17.0 Å². The van der Waals surface area contributed by atoms with Crippen molar-refractivity contribution >= 4 is 29.2 Å². The molecule has 0 saturated carbocycles. The van der Waals surface area contributed by atoms with Crippen molar-refractivity contribution in [3.05, 3.63) is 88.9 Å². The molecule has 0 aliphatic carbocycles. The van der Waals surface area contributed by atoms with Crippen LogP contribution < -0.4 is 5.32 Å². The Kier molecular flexibility index (Phi) is 5.34. The van der Waals surface area contributed by atoms with Crippen LogP contribution >= 0.6 is 11.6 Å². The zero-order valence-corrected chi connectivity index (χ0v) is 14.5. The van der Waals surface area contributed by atoms with E-state index in [0.717, 1.165) is 11.1 Å². The van der Waals surface area contributed by atoms with E-state index in [1.54, 1.807) is 36.4 Å². The molecule has 0 saturated heterocycles. The van der Waals surface area contributed by atoms with Crippen LogP contribution in [0.25, 0.3) is 11.1 Å². The lowest BCUT2D eigenvalue weighted by atomic mass is 10.0. The van der Waals surface area contributed by atoms with Crippen LogP contribution in [0.2, 0.25) is 5.02 Å². The van der Waals surface area contributed by atoms with E-state index < -0.39 is 5.97 Å². The Balaban J connectivity index is 1.79. The molecule has 1 amide bonds. The van der Waals surface area contributed by atoms with Gasteiger partial charge in [0.05, 0.1) is 17.0 Å². The molecule has 2 N–H and O–H groups in total. The van der Waals surface area contributed by atoms with Crippen LogP contribution in [0.5, 0.6) is 0 Å². The molecule has 3 aromatic carbocycles. The van der Waals surface area contributed by atoms with Gasteiger partial charge >= 0.3 is 5.97 Å². The summed E-state index contributed by atoms with van der Waals surface area (Å²) in [5.41, 5.74) is 3.44. The predicted molar refractivity (Wildman–Crippen MR) is 103 cm³/mol. The number of rotatable bonds is 5. The second-order valence-corrected chi connectivity index (χ2v) is 6.19. The number of carboxylic acids is 1. The molecule has 0 fully saturated rings.